The Morgan fingerprint density at radius 2 is 1.94 bits per heavy atom. The number of carboxylic acids is 1. The Hall–Kier alpha value is -1.70. The molecule has 0 fully saturated rings. The number of carboxylic acid groups (broad SMARTS) is 1. The first-order valence-corrected chi connectivity index (χ1v) is 5.18. The molecule has 0 aliphatic carbocycles. The molecule has 3 atom stereocenters. The average molecular weight is 226 g/mol. The van der Waals surface area contributed by atoms with Crippen molar-refractivity contribution in [3.8, 4) is 12.3 Å². The Labute approximate surface area is 95.6 Å². The molecular weight excluding hydrogens is 208 g/mol. The zero-order chi connectivity index (χ0) is 12.7. The van der Waals surface area contributed by atoms with Crippen molar-refractivity contribution >= 4 is 12.0 Å². The summed E-state index contributed by atoms with van der Waals surface area (Å²) in [5, 5.41) is 13.8. The number of hydrogen-bond donors (Lipinski definition) is 3. The Balaban J connectivity index is 4.37. The third kappa shape index (κ3) is 4.69. The van der Waals surface area contributed by atoms with Crippen molar-refractivity contribution in [2.24, 2.45) is 5.92 Å². The predicted molar refractivity (Wildman–Crippen MR) is 60.8 cm³/mol. The van der Waals surface area contributed by atoms with Crippen LogP contribution in [0.1, 0.15) is 27.2 Å². The van der Waals surface area contributed by atoms with Gasteiger partial charge >= 0.3 is 12.0 Å². The number of carbonyl (C=O) groups excluding carboxylic acids is 1. The van der Waals surface area contributed by atoms with Gasteiger partial charge in [0.1, 0.15) is 6.04 Å². The minimum Gasteiger partial charge on any atom is -0.480 e. The fraction of sp³-hybridized carbons (Fsp3) is 0.636. The standard InChI is InChI=1S/C11H18N2O3/c1-5-7(3)9(10(14)15)13-11(16)12-8(4)6-2/h2,7-9H,5H2,1,3-4H3,(H,14,15)(H2,12,13,16). The van der Waals surface area contributed by atoms with Crippen molar-refractivity contribution < 1.29 is 14.7 Å². The fourth-order valence-electron chi connectivity index (χ4n) is 1.10. The molecule has 5 heteroatoms. The van der Waals surface area contributed by atoms with Crippen LogP contribution in [-0.2, 0) is 4.79 Å². The molecule has 0 spiro atoms. The van der Waals surface area contributed by atoms with E-state index in [9.17, 15) is 9.59 Å². The molecule has 0 radical (unpaired) electrons. The number of amides is 2. The van der Waals surface area contributed by atoms with Crippen LogP contribution >= 0.6 is 0 Å². The number of urea groups is 1. The lowest BCUT2D eigenvalue weighted by atomic mass is 9.99. The lowest BCUT2D eigenvalue weighted by Gasteiger charge is -2.20. The SMILES string of the molecule is C#CC(C)NC(=O)NC(C(=O)O)C(C)CC. The first kappa shape index (κ1) is 14.3. The number of nitrogens with one attached hydrogen (secondary N) is 2. The fourth-order valence-corrected chi connectivity index (χ4v) is 1.10. The number of terminal acetylenes is 1. The van der Waals surface area contributed by atoms with Crippen molar-refractivity contribution in [2.45, 2.75) is 39.3 Å². The Morgan fingerprint density at radius 1 is 1.38 bits per heavy atom. The molecule has 5 nitrogen and oxygen atoms in total. The van der Waals surface area contributed by atoms with Gasteiger partial charge in [-0.25, -0.2) is 9.59 Å². The van der Waals surface area contributed by atoms with Crippen LogP contribution in [0.25, 0.3) is 0 Å². The quantitative estimate of drug-likeness (QED) is 0.607. The first-order chi connectivity index (χ1) is 7.42. The predicted octanol–water partition coefficient (Wildman–Crippen LogP) is 0.807. The summed E-state index contributed by atoms with van der Waals surface area (Å²) in [7, 11) is 0. The minimum atomic E-state index is -1.04. The first-order valence-electron chi connectivity index (χ1n) is 5.18. The van der Waals surface area contributed by atoms with E-state index in [1.54, 1.807) is 13.8 Å². The Morgan fingerprint density at radius 3 is 2.31 bits per heavy atom. The molecule has 0 saturated heterocycles. The van der Waals surface area contributed by atoms with E-state index in [1.165, 1.54) is 0 Å². The van der Waals surface area contributed by atoms with Crippen LogP contribution in [0.2, 0.25) is 0 Å². The van der Waals surface area contributed by atoms with Gasteiger partial charge in [-0.15, -0.1) is 6.42 Å². The molecular formula is C11H18N2O3. The van der Waals surface area contributed by atoms with Crippen LogP contribution in [0.3, 0.4) is 0 Å². The Kier molecular flexibility index (Phi) is 6.01. The molecule has 16 heavy (non-hydrogen) atoms. The van der Waals surface area contributed by atoms with Gasteiger partial charge in [-0.05, 0) is 12.8 Å². The summed E-state index contributed by atoms with van der Waals surface area (Å²) in [6, 6.07) is -1.88. The summed E-state index contributed by atoms with van der Waals surface area (Å²) in [5.74, 6) is 1.14. The van der Waals surface area contributed by atoms with Gasteiger partial charge in [-0.3, -0.25) is 0 Å². The highest BCUT2D eigenvalue weighted by Gasteiger charge is 2.25. The monoisotopic (exact) mass is 226 g/mol. The molecule has 0 bridgehead atoms. The van der Waals surface area contributed by atoms with Crippen LogP contribution in [0.4, 0.5) is 4.79 Å². The largest absolute Gasteiger partial charge is 0.480 e. The molecule has 0 aliphatic rings. The topological polar surface area (TPSA) is 78.4 Å². The van der Waals surface area contributed by atoms with E-state index in [1.807, 2.05) is 6.92 Å². The minimum absolute atomic E-state index is 0.135. The summed E-state index contributed by atoms with van der Waals surface area (Å²) < 4.78 is 0. The van der Waals surface area contributed by atoms with E-state index in [2.05, 4.69) is 16.6 Å². The zero-order valence-corrected chi connectivity index (χ0v) is 9.78. The molecule has 0 rings (SSSR count). The van der Waals surface area contributed by atoms with Crippen molar-refractivity contribution in [2.75, 3.05) is 0 Å². The molecule has 2 amide bonds. The van der Waals surface area contributed by atoms with Gasteiger partial charge < -0.3 is 15.7 Å². The van der Waals surface area contributed by atoms with Gasteiger partial charge in [0.2, 0.25) is 0 Å². The summed E-state index contributed by atoms with van der Waals surface area (Å²) in [4.78, 5) is 22.3. The second-order valence-electron chi connectivity index (χ2n) is 3.71. The second kappa shape index (κ2) is 6.72. The maximum Gasteiger partial charge on any atom is 0.326 e. The summed E-state index contributed by atoms with van der Waals surface area (Å²) >= 11 is 0. The van der Waals surface area contributed by atoms with Gasteiger partial charge in [0.25, 0.3) is 0 Å². The summed E-state index contributed by atoms with van der Waals surface area (Å²) in [6.07, 6.45) is 5.76. The third-order valence-corrected chi connectivity index (χ3v) is 2.36. The molecule has 0 saturated carbocycles. The molecule has 0 aromatic rings. The third-order valence-electron chi connectivity index (χ3n) is 2.36. The highest BCUT2D eigenvalue weighted by Crippen LogP contribution is 2.07. The molecule has 0 aromatic carbocycles. The van der Waals surface area contributed by atoms with E-state index >= 15 is 0 Å². The van der Waals surface area contributed by atoms with Crippen molar-refractivity contribution in [1.82, 2.24) is 10.6 Å². The molecule has 90 valence electrons. The lowest BCUT2D eigenvalue weighted by Crippen LogP contribution is -2.50. The smallest absolute Gasteiger partial charge is 0.326 e. The zero-order valence-electron chi connectivity index (χ0n) is 9.78. The summed E-state index contributed by atoms with van der Waals surface area (Å²) in [5.41, 5.74) is 0. The van der Waals surface area contributed by atoms with E-state index in [0.717, 1.165) is 0 Å². The maximum absolute atomic E-state index is 11.4. The number of aliphatic carboxylic acids is 1. The highest BCUT2D eigenvalue weighted by atomic mass is 16.4. The van der Waals surface area contributed by atoms with Crippen LogP contribution in [0.15, 0.2) is 0 Å². The number of rotatable bonds is 5. The Bertz CT molecular complexity index is 296. The van der Waals surface area contributed by atoms with Crippen LogP contribution in [0, 0.1) is 18.3 Å². The summed E-state index contributed by atoms with van der Waals surface area (Å²) in [6.45, 7) is 5.27. The van der Waals surface area contributed by atoms with E-state index in [4.69, 9.17) is 11.5 Å². The van der Waals surface area contributed by atoms with Crippen molar-refractivity contribution in [3.05, 3.63) is 0 Å². The maximum atomic E-state index is 11.4. The number of hydrogen-bond acceptors (Lipinski definition) is 2. The molecule has 0 aromatic heterocycles. The van der Waals surface area contributed by atoms with Gasteiger partial charge in [-0.1, -0.05) is 26.2 Å². The molecule has 3 N–H and O–H groups in total. The van der Waals surface area contributed by atoms with Gasteiger partial charge in [0.15, 0.2) is 0 Å². The van der Waals surface area contributed by atoms with Crippen LogP contribution in [0.5, 0.6) is 0 Å². The second-order valence-corrected chi connectivity index (χ2v) is 3.71. The molecule has 0 heterocycles. The van der Waals surface area contributed by atoms with Gasteiger partial charge in [0.05, 0.1) is 6.04 Å². The normalized spacial score (nSPS) is 15.4. The van der Waals surface area contributed by atoms with Crippen molar-refractivity contribution in [1.29, 1.82) is 0 Å². The average Bonchev–Trinajstić information content (AvgIpc) is 2.24. The highest BCUT2D eigenvalue weighted by molar-refractivity contribution is 5.83. The van der Waals surface area contributed by atoms with Crippen LogP contribution < -0.4 is 10.6 Å². The van der Waals surface area contributed by atoms with Gasteiger partial charge in [-0.2, -0.15) is 0 Å². The lowest BCUT2D eigenvalue weighted by molar-refractivity contribution is -0.140. The van der Waals surface area contributed by atoms with Crippen LogP contribution in [-0.4, -0.2) is 29.2 Å². The molecule has 3 unspecified atom stereocenters. The van der Waals surface area contributed by atoms with E-state index < -0.39 is 24.1 Å². The van der Waals surface area contributed by atoms with Gasteiger partial charge in [0, 0.05) is 0 Å². The van der Waals surface area contributed by atoms with E-state index in [0.29, 0.717) is 6.42 Å². The van der Waals surface area contributed by atoms with E-state index in [-0.39, 0.29) is 5.92 Å². The number of carbonyl (C=O) groups is 2. The van der Waals surface area contributed by atoms with Crippen molar-refractivity contribution in [3.63, 3.8) is 0 Å². The molecule has 0 aliphatic heterocycles.